The lowest BCUT2D eigenvalue weighted by Crippen LogP contribution is -2.46. The predicted molar refractivity (Wildman–Crippen MR) is 132 cm³/mol. The van der Waals surface area contributed by atoms with Crippen LogP contribution < -0.4 is 4.74 Å². The van der Waals surface area contributed by atoms with Crippen LogP contribution >= 0.6 is 0 Å². The van der Waals surface area contributed by atoms with Gasteiger partial charge in [0.2, 0.25) is 0 Å². The van der Waals surface area contributed by atoms with E-state index in [2.05, 4.69) is 0 Å². The van der Waals surface area contributed by atoms with E-state index in [1.807, 2.05) is 26.0 Å². The zero-order valence-corrected chi connectivity index (χ0v) is 20.5. The largest absolute Gasteiger partial charge is 0.496 e. The Bertz CT molecular complexity index is 1060. The zero-order valence-electron chi connectivity index (χ0n) is 20.5. The van der Waals surface area contributed by atoms with Crippen LogP contribution in [0.15, 0.2) is 42.5 Å². The number of ether oxygens (including phenoxy) is 1. The molecule has 2 aromatic carbocycles. The van der Waals surface area contributed by atoms with Crippen molar-refractivity contribution in [2.24, 2.45) is 11.8 Å². The minimum Gasteiger partial charge on any atom is -0.496 e. The van der Waals surface area contributed by atoms with Crippen molar-refractivity contribution in [2.75, 3.05) is 7.11 Å². The predicted octanol–water partition coefficient (Wildman–Crippen LogP) is 5.61. The molecule has 2 aliphatic carbocycles. The third kappa shape index (κ3) is 4.32. The number of rotatable bonds is 6. The standard InChI is InChI=1S/C29H36O5/c1-19-8-4-6-16-28(19,32)26(30)22-12-10-21(11-13-22)24-18-23(14-15-25(24)34-3)27(31)29(33)17-7-5-9-20(29)2/h10-15,18-20,32-33H,4-9,16-17H2,1-3H3. The summed E-state index contributed by atoms with van der Waals surface area (Å²) in [7, 11) is 1.58. The van der Waals surface area contributed by atoms with Crippen molar-refractivity contribution in [1.82, 2.24) is 0 Å². The van der Waals surface area contributed by atoms with Gasteiger partial charge in [-0.2, -0.15) is 0 Å². The van der Waals surface area contributed by atoms with Gasteiger partial charge in [0.15, 0.2) is 11.6 Å². The summed E-state index contributed by atoms with van der Waals surface area (Å²) in [5, 5.41) is 22.2. The lowest BCUT2D eigenvalue weighted by atomic mass is 9.72. The molecule has 0 spiro atoms. The number of methoxy groups -OCH3 is 1. The first kappa shape index (κ1) is 24.6. The highest BCUT2D eigenvalue weighted by Crippen LogP contribution is 2.39. The normalized spacial score (nSPS) is 29.4. The smallest absolute Gasteiger partial charge is 0.194 e. The molecule has 4 unspecified atom stereocenters. The molecule has 34 heavy (non-hydrogen) atoms. The van der Waals surface area contributed by atoms with Crippen molar-refractivity contribution < 1.29 is 24.5 Å². The van der Waals surface area contributed by atoms with Crippen LogP contribution in [0.3, 0.4) is 0 Å². The second kappa shape index (κ2) is 9.63. The summed E-state index contributed by atoms with van der Waals surface area (Å²) in [6.45, 7) is 3.89. The molecule has 0 saturated heterocycles. The van der Waals surface area contributed by atoms with Crippen LogP contribution in [0.4, 0.5) is 0 Å². The number of hydrogen-bond acceptors (Lipinski definition) is 5. The van der Waals surface area contributed by atoms with Crippen LogP contribution in [-0.2, 0) is 0 Å². The monoisotopic (exact) mass is 464 g/mol. The lowest BCUT2D eigenvalue weighted by Gasteiger charge is -2.37. The molecule has 5 nitrogen and oxygen atoms in total. The lowest BCUT2D eigenvalue weighted by molar-refractivity contribution is -0.0198. The number of carbonyl (C=O) groups excluding carboxylic acids is 2. The maximum atomic E-state index is 13.3. The van der Waals surface area contributed by atoms with Crippen molar-refractivity contribution in [1.29, 1.82) is 0 Å². The van der Waals surface area contributed by atoms with Gasteiger partial charge in [-0.3, -0.25) is 9.59 Å². The van der Waals surface area contributed by atoms with Crippen molar-refractivity contribution in [3.05, 3.63) is 53.6 Å². The van der Waals surface area contributed by atoms with Gasteiger partial charge in [-0.05, 0) is 61.3 Å². The number of ketones is 2. The third-order valence-electron chi connectivity index (χ3n) is 8.23. The molecular formula is C29H36O5. The van der Waals surface area contributed by atoms with Crippen LogP contribution in [0.1, 0.15) is 85.9 Å². The van der Waals surface area contributed by atoms with Crippen molar-refractivity contribution in [3.8, 4) is 16.9 Å². The molecule has 182 valence electrons. The van der Waals surface area contributed by atoms with E-state index < -0.39 is 11.2 Å². The van der Waals surface area contributed by atoms with Gasteiger partial charge < -0.3 is 14.9 Å². The molecule has 0 radical (unpaired) electrons. The maximum absolute atomic E-state index is 13.3. The first-order valence-corrected chi connectivity index (χ1v) is 12.5. The van der Waals surface area contributed by atoms with E-state index in [1.165, 1.54) is 0 Å². The van der Waals surface area contributed by atoms with Gasteiger partial charge in [0.1, 0.15) is 17.0 Å². The van der Waals surface area contributed by atoms with Gasteiger partial charge in [0.25, 0.3) is 0 Å². The summed E-state index contributed by atoms with van der Waals surface area (Å²) in [5.41, 5.74) is -0.184. The number of aliphatic hydroxyl groups is 2. The van der Waals surface area contributed by atoms with Crippen LogP contribution in [0.5, 0.6) is 5.75 Å². The molecule has 5 heteroatoms. The fourth-order valence-corrected chi connectivity index (χ4v) is 5.71. The number of Topliss-reactive ketones (excluding diaryl/α,β-unsaturated/α-hetero) is 2. The summed E-state index contributed by atoms with van der Waals surface area (Å²) in [6.07, 6.45) is 6.43. The maximum Gasteiger partial charge on any atom is 0.194 e. The van der Waals surface area contributed by atoms with Gasteiger partial charge in [-0.15, -0.1) is 0 Å². The molecular weight excluding hydrogens is 428 g/mol. The summed E-state index contributed by atoms with van der Waals surface area (Å²) >= 11 is 0. The first-order valence-electron chi connectivity index (χ1n) is 12.5. The molecule has 0 aliphatic heterocycles. The third-order valence-corrected chi connectivity index (χ3v) is 8.23. The summed E-state index contributed by atoms with van der Waals surface area (Å²) in [5.74, 6) is -0.0137. The van der Waals surface area contributed by atoms with Crippen molar-refractivity contribution >= 4 is 11.6 Å². The molecule has 4 atom stereocenters. The van der Waals surface area contributed by atoms with E-state index in [4.69, 9.17) is 4.74 Å². The Hall–Kier alpha value is -2.50. The molecule has 0 bridgehead atoms. The second-order valence-electron chi connectivity index (χ2n) is 10.3. The number of hydrogen-bond donors (Lipinski definition) is 2. The Morgan fingerprint density at radius 1 is 0.794 bits per heavy atom. The van der Waals surface area contributed by atoms with E-state index in [1.54, 1.807) is 37.4 Å². The van der Waals surface area contributed by atoms with Crippen LogP contribution in [-0.4, -0.2) is 40.1 Å². The Labute approximate surface area is 202 Å². The Balaban J connectivity index is 1.64. The molecule has 2 aliphatic rings. The Morgan fingerprint density at radius 3 is 1.79 bits per heavy atom. The molecule has 0 aromatic heterocycles. The van der Waals surface area contributed by atoms with Crippen molar-refractivity contribution in [2.45, 2.75) is 76.4 Å². The molecule has 0 amide bonds. The second-order valence-corrected chi connectivity index (χ2v) is 10.3. The Kier molecular flexibility index (Phi) is 6.97. The molecule has 0 heterocycles. The average Bonchev–Trinajstić information content (AvgIpc) is 2.86. The fraction of sp³-hybridized carbons (Fsp3) is 0.517. The van der Waals surface area contributed by atoms with E-state index in [0.717, 1.165) is 49.7 Å². The van der Waals surface area contributed by atoms with E-state index >= 15 is 0 Å². The first-order chi connectivity index (χ1) is 16.2. The van der Waals surface area contributed by atoms with E-state index in [9.17, 15) is 19.8 Å². The quantitative estimate of drug-likeness (QED) is 0.543. The number of benzene rings is 2. The van der Waals surface area contributed by atoms with Gasteiger partial charge >= 0.3 is 0 Å². The minimum atomic E-state index is -1.34. The highest BCUT2D eigenvalue weighted by atomic mass is 16.5. The fourth-order valence-electron chi connectivity index (χ4n) is 5.71. The van der Waals surface area contributed by atoms with E-state index in [0.29, 0.717) is 29.7 Å². The molecule has 2 saturated carbocycles. The number of carbonyl (C=O) groups is 2. The molecule has 2 fully saturated rings. The van der Waals surface area contributed by atoms with Gasteiger partial charge in [-0.1, -0.05) is 63.8 Å². The van der Waals surface area contributed by atoms with Gasteiger partial charge in [-0.25, -0.2) is 0 Å². The summed E-state index contributed by atoms with van der Waals surface area (Å²) in [4.78, 5) is 26.5. The van der Waals surface area contributed by atoms with Crippen molar-refractivity contribution in [3.63, 3.8) is 0 Å². The summed E-state index contributed by atoms with van der Waals surface area (Å²) in [6, 6.07) is 12.4. The van der Waals surface area contributed by atoms with Crippen LogP contribution in [0.2, 0.25) is 0 Å². The highest BCUT2D eigenvalue weighted by Gasteiger charge is 2.44. The highest BCUT2D eigenvalue weighted by molar-refractivity contribution is 6.04. The average molecular weight is 465 g/mol. The Morgan fingerprint density at radius 2 is 1.29 bits per heavy atom. The van der Waals surface area contributed by atoms with Crippen LogP contribution in [0.25, 0.3) is 11.1 Å². The summed E-state index contributed by atoms with van der Waals surface area (Å²) < 4.78 is 5.55. The zero-order chi connectivity index (χ0) is 24.5. The van der Waals surface area contributed by atoms with Gasteiger partial charge in [0.05, 0.1) is 7.11 Å². The topological polar surface area (TPSA) is 83.8 Å². The molecule has 2 aromatic rings. The SMILES string of the molecule is COc1ccc(C(=O)C2(O)CCCCC2C)cc1-c1ccc(C(=O)C2(O)CCCCC2C)cc1. The van der Waals surface area contributed by atoms with E-state index in [-0.39, 0.29) is 23.4 Å². The van der Waals surface area contributed by atoms with Crippen LogP contribution in [0, 0.1) is 11.8 Å². The molecule has 4 rings (SSSR count). The minimum absolute atomic E-state index is 0.0656. The van der Waals surface area contributed by atoms with Gasteiger partial charge in [0, 0.05) is 16.7 Å². The molecule has 2 N–H and O–H groups in total.